The first-order chi connectivity index (χ1) is 14.7. The van der Waals surface area contributed by atoms with Gasteiger partial charge in [0.25, 0.3) is 0 Å². The lowest BCUT2D eigenvalue weighted by Gasteiger charge is -2.34. The Morgan fingerprint density at radius 2 is 1.77 bits per heavy atom. The minimum Gasteiger partial charge on any atom is -0.508 e. The molecule has 1 aliphatic heterocycles. The summed E-state index contributed by atoms with van der Waals surface area (Å²) in [5, 5.41) is 10.1. The molecule has 3 aromatic carbocycles. The number of fused-ring (bicyclic) bond motifs is 1. The van der Waals surface area contributed by atoms with E-state index in [1.54, 1.807) is 6.07 Å². The van der Waals surface area contributed by atoms with E-state index in [4.69, 9.17) is 9.47 Å². The maximum absolute atomic E-state index is 10.1. The van der Waals surface area contributed by atoms with Crippen molar-refractivity contribution in [2.45, 2.75) is 18.8 Å². The molecule has 0 radical (unpaired) electrons. The standard InChI is InChI=1S/C26H29NO3/c1-3-27(2)15-16-29-22-12-9-20(10-13-22)26-23-17-21(28)11-14-25(23)30-18-24(26)19-7-5-4-6-8-19/h4-14,17,24,26,28H,3,15-16,18H2,1-2H3/t24-,26?/m1/s1. The molecule has 0 bridgehead atoms. The van der Waals surface area contributed by atoms with Crippen LogP contribution in [0.15, 0.2) is 72.8 Å². The van der Waals surface area contributed by atoms with Crippen LogP contribution in [0, 0.1) is 0 Å². The van der Waals surface area contributed by atoms with Crippen molar-refractivity contribution in [1.82, 2.24) is 4.90 Å². The van der Waals surface area contributed by atoms with Gasteiger partial charge in [-0.15, -0.1) is 0 Å². The zero-order valence-corrected chi connectivity index (χ0v) is 17.6. The summed E-state index contributed by atoms with van der Waals surface area (Å²) in [6.07, 6.45) is 0. The summed E-state index contributed by atoms with van der Waals surface area (Å²) in [6, 6.07) is 24.2. The van der Waals surface area contributed by atoms with Crippen LogP contribution < -0.4 is 9.47 Å². The molecule has 0 saturated carbocycles. The minimum absolute atomic E-state index is 0.100. The highest BCUT2D eigenvalue weighted by atomic mass is 16.5. The Kier molecular flexibility index (Phi) is 6.24. The number of rotatable bonds is 7. The van der Waals surface area contributed by atoms with Crippen molar-refractivity contribution in [2.75, 3.05) is 33.4 Å². The van der Waals surface area contributed by atoms with Gasteiger partial charge in [-0.3, -0.25) is 0 Å². The average molecular weight is 404 g/mol. The number of hydrogen-bond acceptors (Lipinski definition) is 4. The first-order valence-corrected chi connectivity index (χ1v) is 10.6. The van der Waals surface area contributed by atoms with Crippen molar-refractivity contribution in [3.05, 3.63) is 89.5 Å². The van der Waals surface area contributed by atoms with Crippen molar-refractivity contribution < 1.29 is 14.6 Å². The Morgan fingerprint density at radius 3 is 2.50 bits per heavy atom. The lowest BCUT2D eigenvalue weighted by molar-refractivity contribution is 0.243. The normalized spacial score (nSPS) is 18.0. The zero-order valence-electron chi connectivity index (χ0n) is 17.6. The van der Waals surface area contributed by atoms with E-state index in [-0.39, 0.29) is 17.6 Å². The lowest BCUT2D eigenvalue weighted by atomic mass is 9.76. The molecule has 1 heterocycles. The fourth-order valence-electron chi connectivity index (χ4n) is 4.05. The van der Waals surface area contributed by atoms with Crippen molar-refractivity contribution >= 4 is 0 Å². The van der Waals surface area contributed by atoms with E-state index in [0.29, 0.717) is 13.2 Å². The quantitative estimate of drug-likeness (QED) is 0.601. The second-order valence-corrected chi connectivity index (χ2v) is 7.84. The van der Waals surface area contributed by atoms with Crippen molar-refractivity contribution in [3.63, 3.8) is 0 Å². The van der Waals surface area contributed by atoms with Crippen LogP contribution in [0.2, 0.25) is 0 Å². The maximum atomic E-state index is 10.1. The molecule has 0 saturated heterocycles. The van der Waals surface area contributed by atoms with Gasteiger partial charge in [-0.2, -0.15) is 0 Å². The molecule has 1 unspecified atom stereocenters. The SMILES string of the molecule is CCN(C)CCOc1ccc(C2c3cc(O)ccc3OC[C@@H]2c2ccccc2)cc1. The van der Waals surface area contributed by atoms with E-state index < -0.39 is 0 Å². The second kappa shape index (κ2) is 9.23. The number of ether oxygens (including phenoxy) is 2. The molecule has 156 valence electrons. The topological polar surface area (TPSA) is 41.9 Å². The number of hydrogen-bond donors (Lipinski definition) is 1. The third kappa shape index (κ3) is 4.44. The molecule has 1 aliphatic rings. The fraction of sp³-hybridized carbons (Fsp3) is 0.308. The number of nitrogens with zero attached hydrogens (tertiary/aromatic N) is 1. The monoisotopic (exact) mass is 403 g/mol. The number of aromatic hydroxyl groups is 1. The molecule has 30 heavy (non-hydrogen) atoms. The predicted molar refractivity (Wildman–Crippen MR) is 120 cm³/mol. The van der Waals surface area contributed by atoms with E-state index in [2.05, 4.69) is 55.3 Å². The van der Waals surface area contributed by atoms with Crippen LogP contribution in [-0.4, -0.2) is 43.4 Å². The predicted octanol–water partition coefficient (Wildman–Crippen LogP) is 5.03. The van der Waals surface area contributed by atoms with Crippen LogP contribution in [0.25, 0.3) is 0 Å². The summed E-state index contributed by atoms with van der Waals surface area (Å²) >= 11 is 0. The van der Waals surface area contributed by atoms with Crippen LogP contribution in [0.3, 0.4) is 0 Å². The Balaban J connectivity index is 1.62. The molecule has 4 rings (SSSR count). The number of phenolic OH excluding ortho intramolecular Hbond substituents is 1. The molecule has 4 nitrogen and oxygen atoms in total. The average Bonchev–Trinajstić information content (AvgIpc) is 2.79. The van der Waals surface area contributed by atoms with Gasteiger partial charge in [0, 0.05) is 23.9 Å². The van der Waals surface area contributed by atoms with Crippen molar-refractivity contribution in [1.29, 1.82) is 0 Å². The Morgan fingerprint density at radius 1 is 1.00 bits per heavy atom. The highest BCUT2D eigenvalue weighted by Crippen LogP contribution is 2.47. The Labute approximate surface area is 178 Å². The number of likely N-dealkylation sites (N-methyl/N-ethyl adjacent to an activating group) is 1. The van der Waals surface area contributed by atoms with E-state index in [0.717, 1.165) is 30.2 Å². The molecule has 3 aromatic rings. The minimum atomic E-state index is 0.100. The highest BCUT2D eigenvalue weighted by Gasteiger charge is 2.33. The smallest absolute Gasteiger partial charge is 0.123 e. The third-order valence-corrected chi connectivity index (χ3v) is 5.90. The van der Waals surface area contributed by atoms with E-state index >= 15 is 0 Å². The summed E-state index contributed by atoms with van der Waals surface area (Å²) in [5.41, 5.74) is 3.45. The van der Waals surface area contributed by atoms with E-state index in [1.165, 1.54) is 11.1 Å². The van der Waals surface area contributed by atoms with Crippen molar-refractivity contribution in [2.24, 2.45) is 0 Å². The molecule has 2 atom stereocenters. The zero-order chi connectivity index (χ0) is 20.9. The first-order valence-electron chi connectivity index (χ1n) is 10.6. The fourth-order valence-corrected chi connectivity index (χ4v) is 4.05. The number of phenols is 1. The molecule has 1 N–H and O–H groups in total. The maximum Gasteiger partial charge on any atom is 0.123 e. The largest absolute Gasteiger partial charge is 0.508 e. The molecular weight excluding hydrogens is 374 g/mol. The molecular formula is C26H29NO3. The van der Waals surface area contributed by atoms with Gasteiger partial charge in [-0.1, -0.05) is 49.4 Å². The summed E-state index contributed by atoms with van der Waals surface area (Å²) in [4.78, 5) is 2.23. The number of benzene rings is 3. The van der Waals surface area contributed by atoms with Crippen LogP contribution in [0.1, 0.15) is 35.4 Å². The third-order valence-electron chi connectivity index (χ3n) is 5.90. The van der Waals surface area contributed by atoms with Crippen LogP contribution in [-0.2, 0) is 0 Å². The van der Waals surface area contributed by atoms with Gasteiger partial charge in [-0.05, 0) is 55.1 Å². The van der Waals surface area contributed by atoms with Gasteiger partial charge in [-0.25, -0.2) is 0 Å². The summed E-state index contributed by atoms with van der Waals surface area (Å²) in [7, 11) is 2.09. The van der Waals surface area contributed by atoms with Crippen LogP contribution in [0.5, 0.6) is 17.2 Å². The summed E-state index contributed by atoms with van der Waals surface area (Å²) in [5.74, 6) is 2.25. The molecule has 0 amide bonds. The van der Waals surface area contributed by atoms with Gasteiger partial charge >= 0.3 is 0 Å². The van der Waals surface area contributed by atoms with Gasteiger partial charge in [0.2, 0.25) is 0 Å². The van der Waals surface area contributed by atoms with Gasteiger partial charge in [0.1, 0.15) is 23.9 Å². The van der Waals surface area contributed by atoms with Crippen LogP contribution >= 0.6 is 0 Å². The Bertz CT molecular complexity index is 956. The molecule has 0 aromatic heterocycles. The summed E-state index contributed by atoms with van der Waals surface area (Å²) < 4.78 is 12.0. The molecule has 0 fully saturated rings. The molecule has 0 aliphatic carbocycles. The van der Waals surface area contributed by atoms with Crippen molar-refractivity contribution in [3.8, 4) is 17.2 Å². The van der Waals surface area contributed by atoms with Gasteiger partial charge in [0.05, 0.1) is 6.61 Å². The molecule has 4 heteroatoms. The summed E-state index contributed by atoms with van der Waals surface area (Å²) in [6.45, 7) is 5.33. The van der Waals surface area contributed by atoms with E-state index in [1.807, 2.05) is 30.3 Å². The van der Waals surface area contributed by atoms with Gasteiger partial charge in [0.15, 0.2) is 0 Å². The second-order valence-electron chi connectivity index (χ2n) is 7.84. The van der Waals surface area contributed by atoms with E-state index in [9.17, 15) is 5.11 Å². The van der Waals surface area contributed by atoms with Gasteiger partial charge < -0.3 is 19.5 Å². The first kappa shape index (κ1) is 20.3. The lowest BCUT2D eigenvalue weighted by Crippen LogP contribution is -2.25. The highest BCUT2D eigenvalue weighted by molar-refractivity contribution is 5.51. The Hall–Kier alpha value is -2.98. The van der Waals surface area contributed by atoms with Crippen LogP contribution in [0.4, 0.5) is 0 Å². The molecule has 0 spiro atoms.